The summed E-state index contributed by atoms with van der Waals surface area (Å²) in [6, 6.07) is 7.89. The van der Waals surface area contributed by atoms with Crippen molar-refractivity contribution >= 4 is 5.91 Å². The zero-order chi connectivity index (χ0) is 17.8. The number of nitrogens with zero attached hydrogens (tertiary/aromatic N) is 3. The van der Waals surface area contributed by atoms with Gasteiger partial charge in [-0.1, -0.05) is 18.2 Å². The van der Waals surface area contributed by atoms with Gasteiger partial charge in [-0.15, -0.1) is 0 Å². The van der Waals surface area contributed by atoms with E-state index < -0.39 is 0 Å². The molecule has 0 saturated carbocycles. The second-order valence-corrected chi connectivity index (χ2v) is 6.33. The molecule has 0 atom stereocenters. The molecule has 6 heteroatoms. The molecule has 2 heterocycles. The maximum Gasteiger partial charge on any atom is 0.256 e. The lowest BCUT2D eigenvalue weighted by Gasteiger charge is -2.26. The van der Waals surface area contributed by atoms with Gasteiger partial charge in [0, 0.05) is 25.6 Å². The Bertz CT molecular complexity index is 829. The maximum absolute atomic E-state index is 12.6. The highest BCUT2D eigenvalue weighted by molar-refractivity contribution is 5.73. The van der Waals surface area contributed by atoms with Crippen LogP contribution in [0.1, 0.15) is 30.2 Å². The van der Waals surface area contributed by atoms with Crippen molar-refractivity contribution in [1.82, 2.24) is 14.5 Å². The number of aryl methyl sites for hydroxylation is 2. The lowest BCUT2D eigenvalue weighted by molar-refractivity contribution is -0.129. The number of ether oxygens (including phenoxy) is 1. The van der Waals surface area contributed by atoms with E-state index in [4.69, 9.17) is 4.74 Å². The SMILES string of the molecule is CC(=O)N1CCc2c(ncn(CCCOc3ccccc3C)c2=O)C1. The topological polar surface area (TPSA) is 64.4 Å². The minimum absolute atomic E-state index is 0.00379. The molecule has 0 unspecified atom stereocenters. The molecule has 0 N–H and O–H groups in total. The fourth-order valence-corrected chi connectivity index (χ4v) is 3.02. The van der Waals surface area contributed by atoms with Crippen molar-refractivity contribution in [3.8, 4) is 5.75 Å². The minimum Gasteiger partial charge on any atom is -0.493 e. The summed E-state index contributed by atoms with van der Waals surface area (Å²) in [5.41, 5.74) is 2.56. The summed E-state index contributed by atoms with van der Waals surface area (Å²) in [6.45, 7) is 5.68. The molecule has 25 heavy (non-hydrogen) atoms. The van der Waals surface area contributed by atoms with Crippen LogP contribution in [0.4, 0.5) is 0 Å². The first kappa shape index (κ1) is 17.2. The summed E-state index contributed by atoms with van der Waals surface area (Å²) >= 11 is 0. The van der Waals surface area contributed by atoms with E-state index in [-0.39, 0.29) is 11.5 Å². The quantitative estimate of drug-likeness (QED) is 0.780. The Balaban J connectivity index is 1.60. The third kappa shape index (κ3) is 3.90. The van der Waals surface area contributed by atoms with Crippen molar-refractivity contribution in [1.29, 1.82) is 0 Å². The van der Waals surface area contributed by atoms with Crippen LogP contribution >= 0.6 is 0 Å². The van der Waals surface area contributed by atoms with Gasteiger partial charge < -0.3 is 9.64 Å². The number of amides is 1. The van der Waals surface area contributed by atoms with Crippen LogP contribution in [0.2, 0.25) is 0 Å². The molecule has 0 aliphatic carbocycles. The summed E-state index contributed by atoms with van der Waals surface area (Å²) in [5, 5.41) is 0. The first-order valence-electron chi connectivity index (χ1n) is 8.57. The van der Waals surface area contributed by atoms with Gasteiger partial charge in [-0.2, -0.15) is 0 Å². The minimum atomic E-state index is 0.00379. The molecule has 0 fully saturated rings. The summed E-state index contributed by atoms with van der Waals surface area (Å²) in [5.74, 6) is 0.896. The van der Waals surface area contributed by atoms with Crippen LogP contribution in [0, 0.1) is 6.92 Å². The van der Waals surface area contributed by atoms with E-state index in [9.17, 15) is 9.59 Å². The van der Waals surface area contributed by atoms with Crippen LogP contribution in [-0.4, -0.2) is 33.5 Å². The Labute approximate surface area is 147 Å². The predicted molar refractivity (Wildman–Crippen MR) is 94.6 cm³/mol. The highest BCUT2D eigenvalue weighted by Crippen LogP contribution is 2.16. The lowest BCUT2D eigenvalue weighted by atomic mass is 10.1. The Morgan fingerprint density at radius 3 is 2.88 bits per heavy atom. The van der Waals surface area contributed by atoms with Crippen molar-refractivity contribution in [2.24, 2.45) is 0 Å². The highest BCUT2D eigenvalue weighted by atomic mass is 16.5. The van der Waals surface area contributed by atoms with Gasteiger partial charge in [-0.3, -0.25) is 14.2 Å². The number of carbonyl (C=O) groups excluding carboxylic acids is 1. The van der Waals surface area contributed by atoms with E-state index in [1.807, 2.05) is 31.2 Å². The molecule has 2 aromatic rings. The number of hydrogen-bond acceptors (Lipinski definition) is 4. The van der Waals surface area contributed by atoms with Crippen LogP contribution in [0.3, 0.4) is 0 Å². The molecule has 0 saturated heterocycles. The Kier molecular flexibility index (Phi) is 5.16. The average Bonchev–Trinajstić information content (AvgIpc) is 2.61. The first-order valence-corrected chi connectivity index (χ1v) is 8.57. The van der Waals surface area contributed by atoms with Gasteiger partial charge in [0.05, 0.1) is 25.2 Å². The van der Waals surface area contributed by atoms with Gasteiger partial charge in [-0.25, -0.2) is 4.98 Å². The van der Waals surface area contributed by atoms with Crippen LogP contribution in [-0.2, 0) is 24.3 Å². The molecule has 132 valence electrons. The Morgan fingerprint density at radius 2 is 2.12 bits per heavy atom. The summed E-state index contributed by atoms with van der Waals surface area (Å²) in [4.78, 5) is 30.2. The molecule has 1 aromatic carbocycles. The molecular formula is C19H23N3O3. The summed E-state index contributed by atoms with van der Waals surface area (Å²) in [6.07, 6.45) is 2.88. The van der Waals surface area contributed by atoms with Gasteiger partial charge in [0.2, 0.25) is 5.91 Å². The van der Waals surface area contributed by atoms with Gasteiger partial charge in [0.15, 0.2) is 0 Å². The molecule has 1 aromatic heterocycles. The predicted octanol–water partition coefficient (Wildman–Crippen LogP) is 1.93. The van der Waals surface area contributed by atoms with Crippen molar-refractivity contribution in [3.05, 3.63) is 57.8 Å². The van der Waals surface area contributed by atoms with Crippen LogP contribution in [0.5, 0.6) is 5.75 Å². The largest absolute Gasteiger partial charge is 0.493 e. The second kappa shape index (κ2) is 7.51. The number of fused-ring (bicyclic) bond motifs is 1. The van der Waals surface area contributed by atoms with Crippen LogP contribution in [0.25, 0.3) is 0 Å². The summed E-state index contributed by atoms with van der Waals surface area (Å²) < 4.78 is 7.41. The third-order valence-electron chi connectivity index (χ3n) is 4.53. The van der Waals surface area contributed by atoms with Crippen molar-refractivity contribution in [2.45, 2.75) is 39.8 Å². The van der Waals surface area contributed by atoms with E-state index >= 15 is 0 Å². The lowest BCUT2D eigenvalue weighted by Crippen LogP contribution is -2.39. The fourth-order valence-electron chi connectivity index (χ4n) is 3.02. The van der Waals surface area contributed by atoms with Crippen molar-refractivity contribution < 1.29 is 9.53 Å². The van der Waals surface area contributed by atoms with Crippen LogP contribution < -0.4 is 10.3 Å². The first-order chi connectivity index (χ1) is 12.1. The number of carbonyl (C=O) groups is 1. The highest BCUT2D eigenvalue weighted by Gasteiger charge is 2.22. The average molecular weight is 341 g/mol. The van der Waals surface area contributed by atoms with E-state index in [0.717, 1.165) is 29.0 Å². The normalized spacial score (nSPS) is 13.4. The van der Waals surface area contributed by atoms with E-state index in [1.165, 1.54) is 0 Å². The Hall–Kier alpha value is -2.63. The smallest absolute Gasteiger partial charge is 0.256 e. The molecular weight excluding hydrogens is 318 g/mol. The number of para-hydroxylation sites is 1. The zero-order valence-corrected chi connectivity index (χ0v) is 14.7. The molecule has 3 rings (SSSR count). The van der Waals surface area contributed by atoms with Gasteiger partial charge in [0.25, 0.3) is 5.56 Å². The third-order valence-corrected chi connectivity index (χ3v) is 4.53. The fraction of sp³-hybridized carbons (Fsp3) is 0.421. The molecule has 1 aliphatic rings. The molecule has 0 spiro atoms. The van der Waals surface area contributed by atoms with E-state index in [2.05, 4.69) is 4.98 Å². The van der Waals surface area contributed by atoms with Gasteiger partial charge in [0.1, 0.15) is 5.75 Å². The van der Waals surface area contributed by atoms with Gasteiger partial charge >= 0.3 is 0 Å². The number of rotatable bonds is 5. The number of hydrogen-bond donors (Lipinski definition) is 0. The molecule has 0 radical (unpaired) electrons. The molecule has 6 nitrogen and oxygen atoms in total. The maximum atomic E-state index is 12.6. The molecule has 1 amide bonds. The second-order valence-electron chi connectivity index (χ2n) is 6.33. The standard InChI is InChI=1S/C19H23N3O3/c1-14-6-3-4-7-18(14)25-11-5-9-22-13-20-17-12-21(15(2)23)10-8-16(17)19(22)24/h3-4,6-7,13H,5,8-12H2,1-2H3. The molecule has 0 bridgehead atoms. The zero-order valence-electron chi connectivity index (χ0n) is 14.7. The summed E-state index contributed by atoms with van der Waals surface area (Å²) in [7, 11) is 0. The number of aromatic nitrogens is 2. The number of benzene rings is 1. The molecule has 1 aliphatic heterocycles. The van der Waals surface area contributed by atoms with Crippen molar-refractivity contribution in [3.63, 3.8) is 0 Å². The van der Waals surface area contributed by atoms with Gasteiger partial charge in [-0.05, 0) is 31.4 Å². The van der Waals surface area contributed by atoms with Crippen LogP contribution in [0.15, 0.2) is 35.4 Å². The van der Waals surface area contributed by atoms with E-state index in [0.29, 0.717) is 32.7 Å². The van der Waals surface area contributed by atoms with Crippen molar-refractivity contribution in [2.75, 3.05) is 13.2 Å². The monoisotopic (exact) mass is 341 g/mol. The van der Waals surface area contributed by atoms with E-state index in [1.54, 1.807) is 22.7 Å². The Morgan fingerprint density at radius 1 is 1.32 bits per heavy atom.